The van der Waals surface area contributed by atoms with E-state index in [0.29, 0.717) is 0 Å². The summed E-state index contributed by atoms with van der Waals surface area (Å²) >= 11 is 0. The Balaban J connectivity index is 0.000000343. The summed E-state index contributed by atoms with van der Waals surface area (Å²) in [4.78, 5) is 6.97. The van der Waals surface area contributed by atoms with Gasteiger partial charge in [-0.2, -0.15) is 0 Å². The van der Waals surface area contributed by atoms with Gasteiger partial charge in [-0.25, -0.2) is 8.78 Å². The summed E-state index contributed by atoms with van der Waals surface area (Å²) < 4.78 is 25.8. The molecular weight excluding hydrogens is 392 g/mol. The van der Waals surface area contributed by atoms with E-state index in [1.54, 1.807) is 0 Å². The van der Waals surface area contributed by atoms with Crippen LogP contribution in [0.3, 0.4) is 0 Å². The normalized spacial score (nSPS) is 15.9. The Labute approximate surface area is 187 Å². The maximum atomic E-state index is 12.9. The van der Waals surface area contributed by atoms with Crippen LogP contribution in [0.2, 0.25) is 0 Å². The molecule has 0 amide bonds. The highest BCUT2D eigenvalue weighted by Gasteiger charge is 2.13. The maximum Gasteiger partial charge on any atom is 0.129 e. The van der Waals surface area contributed by atoms with Gasteiger partial charge in [-0.3, -0.25) is 4.99 Å². The number of hydrogen-bond donors (Lipinski definition) is 1. The molecule has 1 saturated heterocycles. The molecule has 5 heteroatoms. The van der Waals surface area contributed by atoms with Crippen molar-refractivity contribution in [2.45, 2.75) is 60.8 Å². The molecule has 0 aromatic heterocycles. The van der Waals surface area contributed by atoms with Crippen molar-refractivity contribution in [1.82, 2.24) is 10.2 Å². The third-order valence-electron chi connectivity index (χ3n) is 5.19. The molecule has 3 nitrogen and oxygen atoms in total. The van der Waals surface area contributed by atoms with Crippen molar-refractivity contribution < 1.29 is 8.78 Å². The van der Waals surface area contributed by atoms with E-state index in [0.717, 1.165) is 56.7 Å². The molecule has 0 atom stereocenters. The quantitative estimate of drug-likeness (QED) is 0.402. The monoisotopic (exact) mass is 431 g/mol. The number of nitrogens with one attached hydrogen (secondary N) is 1. The Morgan fingerprint density at radius 1 is 1.13 bits per heavy atom. The van der Waals surface area contributed by atoms with Gasteiger partial charge in [0, 0.05) is 54.9 Å². The Morgan fingerprint density at radius 2 is 1.74 bits per heavy atom. The molecule has 1 N–H and O–H groups in total. The molecule has 1 fully saturated rings. The summed E-state index contributed by atoms with van der Waals surface area (Å²) in [6.07, 6.45) is 10.9. The number of halogens is 2. The highest BCUT2D eigenvalue weighted by atomic mass is 19.1. The first-order valence-electron chi connectivity index (χ1n) is 11.3. The molecule has 2 rings (SSSR count). The number of aryl methyl sites for hydroxylation is 1. The zero-order valence-electron chi connectivity index (χ0n) is 20.1. The number of rotatable bonds is 7. The van der Waals surface area contributed by atoms with Crippen LogP contribution in [-0.2, 0) is 6.42 Å². The van der Waals surface area contributed by atoms with E-state index in [1.807, 2.05) is 13.1 Å². The average molecular weight is 432 g/mol. The van der Waals surface area contributed by atoms with Crippen LogP contribution in [0.25, 0.3) is 0 Å². The van der Waals surface area contributed by atoms with Crippen molar-refractivity contribution in [2.75, 3.05) is 26.2 Å². The average Bonchev–Trinajstić information content (AvgIpc) is 2.76. The Hall–Kier alpha value is -2.27. The van der Waals surface area contributed by atoms with E-state index in [-0.39, 0.29) is 5.56 Å². The molecule has 1 aromatic rings. The van der Waals surface area contributed by atoms with Crippen molar-refractivity contribution >= 4 is 5.71 Å². The molecule has 0 aliphatic carbocycles. The minimum atomic E-state index is -0.446. The molecule has 172 valence electrons. The van der Waals surface area contributed by atoms with Crippen LogP contribution in [0.1, 0.15) is 58.6 Å². The topological polar surface area (TPSA) is 27.6 Å². The first-order chi connectivity index (χ1) is 14.8. The van der Waals surface area contributed by atoms with Crippen molar-refractivity contribution in [1.29, 1.82) is 0 Å². The standard InChI is InChI=1S/C16H27N3.C10H12F2/c1-5-7-9-18-14(3)16(8-6-2)15(4)19-12-10-17-11-13-19;1-3-4-8-5-9(11)7(2)10(12)6-8/h6-9,17H,5,10-13H2,1-4H3;5-6H,3-4H2,1-2H3/b8-6-,9-7+,16-15+,18-14+;. The van der Waals surface area contributed by atoms with Gasteiger partial charge in [0.15, 0.2) is 0 Å². The number of piperazine rings is 1. The lowest BCUT2D eigenvalue weighted by Gasteiger charge is -2.31. The van der Waals surface area contributed by atoms with Crippen LogP contribution >= 0.6 is 0 Å². The predicted molar refractivity (Wildman–Crippen MR) is 130 cm³/mol. The summed E-state index contributed by atoms with van der Waals surface area (Å²) in [7, 11) is 0. The second kappa shape index (κ2) is 14.7. The highest BCUT2D eigenvalue weighted by Crippen LogP contribution is 2.16. The van der Waals surface area contributed by atoms with Gasteiger partial charge in [0.05, 0.1) is 0 Å². The molecule has 0 saturated carbocycles. The molecule has 0 bridgehead atoms. The maximum absolute atomic E-state index is 12.9. The fraction of sp³-hybridized carbons (Fsp3) is 0.500. The molecule has 31 heavy (non-hydrogen) atoms. The first kappa shape index (κ1) is 26.8. The molecular formula is C26H39F2N3. The van der Waals surface area contributed by atoms with Gasteiger partial charge in [-0.1, -0.05) is 38.5 Å². The Morgan fingerprint density at radius 3 is 2.26 bits per heavy atom. The van der Waals surface area contributed by atoms with E-state index in [4.69, 9.17) is 0 Å². The third-order valence-corrected chi connectivity index (χ3v) is 5.19. The minimum absolute atomic E-state index is 0.106. The summed E-state index contributed by atoms with van der Waals surface area (Å²) in [6.45, 7) is 16.2. The van der Waals surface area contributed by atoms with Crippen LogP contribution in [-0.4, -0.2) is 36.8 Å². The molecule has 1 heterocycles. The van der Waals surface area contributed by atoms with Gasteiger partial charge >= 0.3 is 0 Å². The van der Waals surface area contributed by atoms with Crippen LogP contribution in [0.15, 0.2) is 52.8 Å². The van der Waals surface area contributed by atoms with E-state index in [9.17, 15) is 8.78 Å². The van der Waals surface area contributed by atoms with E-state index < -0.39 is 11.6 Å². The SMILES string of the molecule is CCCc1cc(F)c(C)c(F)c1.C\C=C/C(C(/C)=N/C=C/CC)=C(/C)N1CCNCC1. The lowest BCUT2D eigenvalue weighted by Crippen LogP contribution is -2.42. The number of aliphatic imine (C=N–C) groups is 1. The van der Waals surface area contributed by atoms with Crippen molar-refractivity contribution in [3.8, 4) is 0 Å². The third kappa shape index (κ3) is 9.18. The minimum Gasteiger partial charge on any atom is -0.372 e. The summed E-state index contributed by atoms with van der Waals surface area (Å²) in [6, 6.07) is 2.81. The number of allylic oxidation sites excluding steroid dienone is 5. The number of nitrogens with zero attached hydrogens (tertiary/aromatic N) is 2. The fourth-order valence-electron chi connectivity index (χ4n) is 3.31. The summed E-state index contributed by atoms with van der Waals surface area (Å²) in [5.41, 5.74) is 4.49. The van der Waals surface area contributed by atoms with Crippen LogP contribution in [0.4, 0.5) is 8.78 Å². The van der Waals surface area contributed by atoms with Gasteiger partial charge < -0.3 is 10.2 Å². The summed E-state index contributed by atoms with van der Waals surface area (Å²) in [5, 5.41) is 3.39. The van der Waals surface area contributed by atoms with Crippen molar-refractivity contribution in [2.24, 2.45) is 4.99 Å². The highest BCUT2D eigenvalue weighted by molar-refractivity contribution is 6.01. The predicted octanol–water partition coefficient (Wildman–Crippen LogP) is 6.35. The smallest absolute Gasteiger partial charge is 0.129 e. The zero-order chi connectivity index (χ0) is 23.2. The van der Waals surface area contributed by atoms with Gasteiger partial charge in [0.2, 0.25) is 0 Å². The molecule has 1 aliphatic heterocycles. The molecule has 1 aliphatic rings. The first-order valence-corrected chi connectivity index (χ1v) is 11.3. The van der Waals surface area contributed by atoms with E-state index in [1.165, 1.54) is 30.3 Å². The van der Waals surface area contributed by atoms with Gasteiger partial charge in [0.25, 0.3) is 0 Å². The second-order valence-corrected chi connectivity index (χ2v) is 7.68. The van der Waals surface area contributed by atoms with Crippen LogP contribution < -0.4 is 5.32 Å². The molecule has 0 unspecified atom stereocenters. The summed E-state index contributed by atoms with van der Waals surface area (Å²) in [5.74, 6) is -0.892. The molecule has 1 aromatic carbocycles. The number of hydrogen-bond acceptors (Lipinski definition) is 3. The second-order valence-electron chi connectivity index (χ2n) is 7.68. The van der Waals surface area contributed by atoms with Gasteiger partial charge in [-0.05, 0) is 58.2 Å². The molecule has 0 radical (unpaired) electrons. The fourth-order valence-corrected chi connectivity index (χ4v) is 3.31. The van der Waals surface area contributed by atoms with Crippen LogP contribution in [0, 0.1) is 18.6 Å². The van der Waals surface area contributed by atoms with Gasteiger partial charge in [-0.15, -0.1) is 0 Å². The Bertz CT molecular complexity index is 778. The van der Waals surface area contributed by atoms with E-state index in [2.05, 4.69) is 61.1 Å². The lowest BCUT2D eigenvalue weighted by molar-refractivity contribution is 0.299. The lowest BCUT2D eigenvalue weighted by atomic mass is 10.1. The Kier molecular flexibility index (Phi) is 12.7. The van der Waals surface area contributed by atoms with Gasteiger partial charge in [0.1, 0.15) is 11.6 Å². The number of benzene rings is 1. The zero-order valence-corrected chi connectivity index (χ0v) is 20.1. The molecule has 0 spiro atoms. The van der Waals surface area contributed by atoms with Crippen LogP contribution in [0.5, 0.6) is 0 Å². The largest absolute Gasteiger partial charge is 0.372 e. The van der Waals surface area contributed by atoms with E-state index >= 15 is 0 Å². The van der Waals surface area contributed by atoms with Crippen molar-refractivity contribution in [3.05, 3.63) is 70.6 Å². The van der Waals surface area contributed by atoms with Crippen molar-refractivity contribution in [3.63, 3.8) is 0 Å².